The lowest BCUT2D eigenvalue weighted by Gasteiger charge is -2.10. The summed E-state index contributed by atoms with van der Waals surface area (Å²) in [4.78, 5) is 7.02. The number of nitrogens with two attached hydrogens (primary N) is 1. The van der Waals surface area contributed by atoms with Crippen LogP contribution < -0.4 is 11.1 Å². The first kappa shape index (κ1) is 5.34. The van der Waals surface area contributed by atoms with Gasteiger partial charge in [-0.1, -0.05) is 0 Å². The van der Waals surface area contributed by atoms with Crippen molar-refractivity contribution in [2.75, 3.05) is 5.32 Å². The fourth-order valence-corrected chi connectivity index (χ4v) is 0.988. The molecule has 4 N–H and O–H groups in total. The molecule has 0 spiro atoms. The Morgan fingerprint density at radius 3 is 3.40 bits per heavy atom. The molecule has 4 heteroatoms. The fraction of sp³-hybridized carbons (Fsp3) is 0.167. The smallest absolute Gasteiger partial charge is 0.194 e. The van der Waals surface area contributed by atoms with Crippen LogP contribution in [0, 0.1) is 0 Å². The maximum atomic E-state index is 5.43. The van der Waals surface area contributed by atoms with Crippen molar-refractivity contribution in [2.45, 2.75) is 6.54 Å². The van der Waals surface area contributed by atoms with Gasteiger partial charge in [0.25, 0.3) is 0 Å². The highest BCUT2D eigenvalue weighted by molar-refractivity contribution is 5.93. The molecule has 1 aliphatic rings. The van der Waals surface area contributed by atoms with E-state index in [2.05, 4.69) is 15.3 Å². The molecule has 4 nitrogen and oxygen atoms in total. The Kier molecular flexibility index (Phi) is 0.943. The van der Waals surface area contributed by atoms with Crippen LogP contribution in [0.5, 0.6) is 0 Å². The number of guanidine groups is 1. The molecule has 2 heterocycles. The molecule has 0 radical (unpaired) electrons. The zero-order chi connectivity index (χ0) is 6.97. The third-order valence-electron chi connectivity index (χ3n) is 1.51. The zero-order valence-electron chi connectivity index (χ0n) is 5.39. The van der Waals surface area contributed by atoms with Gasteiger partial charge in [-0.2, -0.15) is 0 Å². The number of aromatic amines is 1. The van der Waals surface area contributed by atoms with Gasteiger partial charge in [-0.25, -0.2) is 4.99 Å². The lowest BCUT2D eigenvalue weighted by atomic mass is 10.3. The summed E-state index contributed by atoms with van der Waals surface area (Å²) in [5.41, 5.74) is 6.59. The Bertz CT molecular complexity index is 273. The quantitative estimate of drug-likeness (QED) is 0.478. The van der Waals surface area contributed by atoms with Crippen molar-refractivity contribution in [2.24, 2.45) is 10.7 Å². The van der Waals surface area contributed by atoms with Gasteiger partial charge in [-0.3, -0.25) is 0 Å². The average Bonchev–Trinajstić information content (AvgIpc) is 2.33. The van der Waals surface area contributed by atoms with Crippen LogP contribution in [0.1, 0.15) is 5.56 Å². The Morgan fingerprint density at radius 2 is 2.50 bits per heavy atom. The summed E-state index contributed by atoms with van der Waals surface area (Å²) >= 11 is 0. The van der Waals surface area contributed by atoms with Crippen LogP contribution in [-0.4, -0.2) is 10.9 Å². The minimum Gasteiger partial charge on any atom is -0.370 e. The van der Waals surface area contributed by atoms with Gasteiger partial charge in [0, 0.05) is 11.8 Å². The number of aliphatic imine (C=N–C) groups is 1. The first-order chi connectivity index (χ1) is 4.86. The number of anilines is 1. The van der Waals surface area contributed by atoms with Crippen LogP contribution in [0.2, 0.25) is 0 Å². The third-order valence-corrected chi connectivity index (χ3v) is 1.51. The normalized spacial score (nSPS) is 15.4. The lowest BCUT2D eigenvalue weighted by molar-refractivity contribution is 1.04. The topological polar surface area (TPSA) is 66.2 Å². The summed E-state index contributed by atoms with van der Waals surface area (Å²) in [5.74, 6) is 1.45. The Morgan fingerprint density at radius 1 is 1.60 bits per heavy atom. The molecular weight excluding hydrogens is 128 g/mol. The molecule has 0 fully saturated rings. The molecular formula is C6H8N4. The van der Waals surface area contributed by atoms with E-state index in [-0.39, 0.29) is 0 Å². The van der Waals surface area contributed by atoms with Gasteiger partial charge in [0.15, 0.2) is 5.96 Å². The summed E-state index contributed by atoms with van der Waals surface area (Å²) in [7, 11) is 0. The maximum absolute atomic E-state index is 5.43. The van der Waals surface area contributed by atoms with Crippen LogP contribution in [0.15, 0.2) is 17.3 Å². The number of nitrogens with one attached hydrogen (secondary N) is 2. The molecule has 0 aromatic carbocycles. The molecule has 1 aromatic heterocycles. The van der Waals surface area contributed by atoms with Crippen molar-refractivity contribution in [3.63, 3.8) is 0 Å². The van der Waals surface area contributed by atoms with E-state index in [0.29, 0.717) is 12.5 Å². The molecule has 2 rings (SSSR count). The molecule has 0 saturated heterocycles. The summed E-state index contributed by atoms with van der Waals surface area (Å²) in [6.45, 7) is 0.678. The largest absolute Gasteiger partial charge is 0.370 e. The predicted molar refractivity (Wildman–Crippen MR) is 39.7 cm³/mol. The van der Waals surface area contributed by atoms with Gasteiger partial charge in [-0.05, 0) is 6.07 Å². The second kappa shape index (κ2) is 1.76. The van der Waals surface area contributed by atoms with Crippen molar-refractivity contribution < 1.29 is 0 Å². The molecule has 52 valence electrons. The van der Waals surface area contributed by atoms with Crippen LogP contribution >= 0.6 is 0 Å². The van der Waals surface area contributed by atoms with Gasteiger partial charge in [0.05, 0.1) is 6.54 Å². The van der Waals surface area contributed by atoms with Gasteiger partial charge >= 0.3 is 0 Å². The van der Waals surface area contributed by atoms with E-state index in [0.717, 1.165) is 11.4 Å². The third kappa shape index (κ3) is 0.655. The zero-order valence-corrected chi connectivity index (χ0v) is 5.39. The van der Waals surface area contributed by atoms with Gasteiger partial charge in [0.2, 0.25) is 0 Å². The van der Waals surface area contributed by atoms with E-state index in [4.69, 9.17) is 5.73 Å². The van der Waals surface area contributed by atoms with Crippen LogP contribution in [-0.2, 0) is 6.54 Å². The van der Waals surface area contributed by atoms with Gasteiger partial charge in [-0.15, -0.1) is 0 Å². The fourth-order valence-electron chi connectivity index (χ4n) is 0.988. The van der Waals surface area contributed by atoms with Gasteiger partial charge in [0.1, 0.15) is 5.82 Å². The summed E-state index contributed by atoms with van der Waals surface area (Å²) in [5, 5.41) is 2.91. The number of rotatable bonds is 0. The SMILES string of the molecule is NC1=NCc2cc[nH]c2N1. The number of hydrogen-bond acceptors (Lipinski definition) is 3. The van der Waals surface area contributed by atoms with Crippen molar-refractivity contribution in [3.8, 4) is 0 Å². The minimum atomic E-state index is 0.481. The molecule has 1 aliphatic heterocycles. The van der Waals surface area contributed by atoms with Gasteiger partial charge < -0.3 is 16.0 Å². The van der Waals surface area contributed by atoms with Crippen molar-refractivity contribution in [1.82, 2.24) is 4.98 Å². The molecule has 10 heavy (non-hydrogen) atoms. The van der Waals surface area contributed by atoms with E-state index >= 15 is 0 Å². The first-order valence-electron chi connectivity index (χ1n) is 3.09. The van der Waals surface area contributed by atoms with E-state index in [1.165, 1.54) is 0 Å². The summed E-state index contributed by atoms with van der Waals surface area (Å²) < 4.78 is 0. The minimum absolute atomic E-state index is 0.481. The summed E-state index contributed by atoms with van der Waals surface area (Å²) in [6, 6.07) is 1.98. The van der Waals surface area contributed by atoms with Crippen molar-refractivity contribution >= 4 is 11.8 Å². The number of hydrogen-bond donors (Lipinski definition) is 3. The van der Waals surface area contributed by atoms with Crippen LogP contribution in [0.25, 0.3) is 0 Å². The van der Waals surface area contributed by atoms with E-state index in [1.54, 1.807) is 0 Å². The van der Waals surface area contributed by atoms with E-state index in [9.17, 15) is 0 Å². The highest BCUT2D eigenvalue weighted by Crippen LogP contribution is 2.16. The second-order valence-corrected chi connectivity index (χ2v) is 2.20. The van der Waals surface area contributed by atoms with Crippen LogP contribution in [0.4, 0.5) is 5.82 Å². The Hall–Kier alpha value is -1.45. The molecule has 0 unspecified atom stereocenters. The van der Waals surface area contributed by atoms with E-state index < -0.39 is 0 Å². The Balaban J connectivity index is 2.39. The standard InChI is InChI=1S/C6H8N4/c7-6-9-3-4-1-2-8-5(4)10-6/h1-2,8H,3H2,(H3,7,9,10). The molecule has 1 aromatic rings. The number of nitrogens with zero attached hydrogens (tertiary/aromatic N) is 1. The maximum Gasteiger partial charge on any atom is 0.194 e. The molecule has 0 amide bonds. The number of fused-ring (bicyclic) bond motifs is 1. The van der Waals surface area contributed by atoms with Crippen LogP contribution in [0.3, 0.4) is 0 Å². The van der Waals surface area contributed by atoms with Crippen molar-refractivity contribution in [1.29, 1.82) is 0 Å². The first-order valence-corrected chi connectivity index (χ1v) is 3.09. The lowest BCUT2D eigenvalue weighted by Crippen LogP contribution is -2.25. The predicted octanol–water partition coefficient (Wildman–Crippen LogP) is 0.255. The average molecular weight is 136 g/mol. The highest BCUT2D eigenvalue weighted by atomic mass is 15.2. The molecule has 0 saturated carbocycles. The second-order valence-electron chi connectivity index (χ2n) is 2.20. The van der Waals surface area contributed by atoms with Crippen molar-refractivity contribution in [3.05, 3.63) is 17.8 Å². The number of aromatic nitrogens is 1. The number of H-pyrrole nitrogens is 1. The highest BCUT2D eigenvalue weighted by Gasteiger charge is 2.08. The Labute approximate surface area is 58.1 Å². The molecule has 0 aliphatic carbocycles. The molecule has 0 atom stereocenters. The van der Waals surface area contributed by atoms with E-state index in [1.807, 2.05) is 12.3 Å². The monoisotopic (exact) mass is 136 g/mol. The molecule has 0 bridgehead atoms. The summed E-state index contributed by atoms with van der Waals surface area (Å²) in [6.07, 6.45) is 1.87.